The smallest absolute Gasteiger partial charge is 0.338 e. The summed E-state index contributed by atoms with van der Waals surface area (Å²) in [5.74, 6) is -1.66. The molecule has 3 atom stereocenters. The molecule has 1 fully saturated rings. The third-order valence-electron chi connectivity index (χ3n) is 7.23. The molecule has 208 valence electrons. The number of amides is 2. The van der Waals surface area contributed by atoms with Crippen LogP contribution in [0.3, 0.4) is 0 Å². The van der Waals surface area contributed by atoms with Gasteiger partial charge < -0.3 is 14.5 Å². The van der Waals surface area contributed by atoms with Gasteiger partial charge in [-0.1, -0.05) is 65.1 Å². The third-order valence-corrected chi connectivity index (χ3v) is 9.63. The lowest BCUT2D eigenvalue weighted by Crippen LogP contribution is -2.32. The minimum atomic E-state index is -0.701. The highest BCUT2D eigenvalue weighted by Crippen LogP contribution is 2.53. The Morgan fingerprint density at radius 2 is 1.63 bits per heavy atom. The monoisotopic (exact) mass is 586 g/mol. The molecule has 2 aliphatic heterocycles. The van der Waals surface area contributed by atoms with Gasteiger partial charge in [0.2, 0.25) is 11.8 Å². The molecular weight excluding hydrogens is 560 g/mol. The van der Waals surface area contributed by atoms with Gasteiger partial charge in [-0.05, 0) is 61.4 Å². The molecule has 6 rings (SSSR count). The highest BCUT2D eigenvalue weighted by Gasteiger charge is 2.56. The van der Waals surface area contributed by atoms with E-state index in [9.17, 15) is 19.2 Å². The van der Waals surface area contributed by atoms with E-state index in [4.69, 9.17) is 9.47 Å². The van der Waals surface area contributed by atoms with Gasteiger partial charge in [-0.25, -0.2) is 9.69 Å². The number of benzene rings is 3. The van der Waals surface area contributed by atoms with Crippen molar-refractivity contribution in [3.63, 3.8) is 0 Å². The molecule has 3 heterocycles. The molecule has 2 aliphatic rings. The van der Waals surface area contributed by atoms with E-state index in [0.717, 1.165) is 27.3 Å². The molecule has 0 radical (unpaired) electrons. The number of aromatic amines is 1. The molecule has 10 heteroatoms. The van der Waals surface area contributed by atoms with Crippen molar-refractivity contribution in [1.29, 1.82) is 0 Å². The first-order valence-electron chi connectivity index (χ1n) is 13.2. The van der Waals surface area contributed by atoms with E-state index in [2.05, 4.69) is 4.98 Å². The first kappa shape index (κ1) is 27.0. The quantitative estimate of drug-likeness (QED) is 0.232. The highest BCUT2D eigenvalue weighted by molar-refractivity contribution is 8.00. The highest BCUT2D eigenvalue weighted by atomic mass is 32.2. The lowest BCUT2D eigenvalue weighted by molar-refractivity contribution is -0.122. The molecule has 2 unspecified atom stereocenters. The van der Waals surface area contributed by atoms with Crippen molar-refractivity contribution in [2.24, 2.45) is 5.92 Å². The molecular formula is C31H26N2O6S2. The van der Waals surface area contributed by atoms with Gasteiger partial charge in [0.05, 0.1) is 28.8 Å². The number of fused-ring (bicyclic) bond motifs is 2. The van der Waals surface area contributed by atoms with E-state index in [-0.39, 0.29) is 23.3 Å². The first-order chi connectivity index (χ1) is 19.8. The van der Waals surface area contributed by atoms with Gasteiger partial charge in [0.15, 0.2) is 0 Å². The third kappa shape index (κ3) is 5.09. The van der Waals surface area contributed by atoms with Crippen molar-refractivity contribution in [2.75, 3.05) is 11.5 Å². The molecule has 3 aromatic carbocycles. The number of rotatable bonds is 7. The minimum Gasteiger partial charge on any atom is -0.489 e. The fourth-order valence-corrected chi connectivity index (χ4v) is 7.73. The summed E-state index contributed by atoms with van der Waals surface area (Å²) >= 11 is 2.29. The average molecular weight is 587 g/mol. The van der Waals surface area contributed by atoms with Crippen LogP contribution >= 0.6 is 23.1 Å². The molecule has 0 saturated carbocycles. The van der Waals surface area contributed by atoms with Gasteiger partial charge in [-0.15, -0.1) is 0 Å². The number of thioether (sulfide) groups is 1. The van der Waals surface area contributed by atoms with E-state index in [0.29, 0.717) is 28.6 Å². The molecule has 8 nitrogen and oxygen atoms in total. The molecule has 0 aliphatic carbocycles. The summed E-state index contributed by atoms with van der Waals surface area (Å²) < 4.78 is 11.0. The number of thiazole rings is 1. The second-order valence-electron chi connectivity index (χ2n) is 9.87. The largest absolute Gasteiger partial charge is 0.489 e. The summed E-state index contributed by atoms with van der Waals surface area (Å²) in [6.45, 7) is 4.43. The Labute approximate surface area is 244 Å². The number of anilines is 1. The van der Waals surface area contributed by atoms with Crippen molar-refractivity contribution < 1.29 is 23.9 Å². The number of carbonyl (C=O) groups is 3. The lowest BCUT2D eigenvalue weighted by Gasteiger charge is -2.29. The number of nitrogens with one attached hydrogen (secondary N) is 1. The van der Waals surface area contributed by atoms with Gasteiger partial charge in [-0.3, -0.25) is 14.4 Å². The number of ether oxygens (including phenoxy) is 2. The number of imide groups is 1. The SMILES string of the molecule is CCOC(=O)c1ccc(N2C(=O)C3Sc4[nH]c(=O)sc4[C@H](c4ccc(OCc5ccc(C)cc5)cc4)C3C2=O)cc1. The molecule has 1 aromatic heterocycles. The van der Waals surface area contributed by atoms with Gasteiger partial charge >= 0.3 is 10.8 Å². The Morgan fingerprint density at radius 1 is 0.927 bits per heavy atom. The van der Waals surface area contributed by atoms with Gasteiger partial charge in [-0.2, -0.15) is 0 Å². The second-order valence-corrected chi connectivity index (χ2v) is 12.0. The summed E-state index contributed by atoms with van der Waals surface area (Å²) in [7, 11) is 0. The van der Waals surface area contributed by atoms with E-state index >= 15 is 0 Å². The van der Waals surface area contributed by atoms with Crippen LogP contribution in [0.15, 0.2) is 82.6 Å². The Morgan fingerprint density at radius 3 is 2.32 bits per heavy atom. The standard InChI is InChI=1S/C31H26N2O6S2/c1-3-38-30(36)20-8-12-21(13-9-20)33-28(34)24-23(25-27(32-31(37)41-25)40-26(24)29(33)35)19-10-14-22(15-11-19)39-16-18-6-4-17(2)5-7-18/h4-15,23-24,26H,3,16H2,1-2H3,(H,32,37)/t23-,24?,26?/m1/s1. The number of hydrogen-bond acceptors (Lipinski definition) is 8. The Bertz CT molecular complexity index is 1680. The van der Waals surface area contributed by atoms with Crippen LogP contribution in [0.1, 0.15) is 44.8 Å². The van der Waals surface area contributed by atoms with Crippen LogP contribution < -0.4 is 14.5 Å². The van der Waals surface area contributed by atoms with Crippen LogP contribution in [0.2, 0.25) is 0 Å². The zero-order valence-corrected chi connectivity index (χ0v) is 23.9. The van der Waals surface area contributed by atoms with Crippen molar-refractivity contribution in [3.8, 4) is 5.75 Å². The van der Waals surface area contributed by atoms with Gasteiger partial charge in [0.1, 0.15) is 17.6 Å². The Hall–Kier alpha value is -4.15. The van der Waals surface area contributed by atoms with Crippen LogP contribution in [0, 0.1) is 12.8 Å². The summed E-state index contributed by atoms with van der Waals surface area (Å²) in [5.41, 5.74) is 3.78. The van der Waals surface area contributed by atoms with Crippen LogP contribution in [0.5, 0.6) is 5.75 Å². The van der Waals surface area contributed by atoms with Crippen molar-refractivity contribution >= 4 is 46.6 Å². The van der Waals surface area contributed by atoms with Crippen molar-refractivity contribution in [2.45, 2.75) is 36.6 Å². The number of carbonyl (C=O) groups excluding carboxylic acids is 3. The normalized spacial score (nSPS) is 19.6. The minimum absolute atomic E-state index is 0.225. The van der Waals surface area contributed by atoms with E-state index in [1.807, 2.05) is 55.5 Å². The second kappa shape index (κ2) is 11.0. The van der Waals surface area contributed by atoms with E-state index in [1.165, 1.54) is 22.2 Å². The summed E-state index contributed by atoms with van der Waals surface area (Å²) in [6.07, 6.45) is 0. The van der Waals surface area contributed by atoms with Crippen LogP contribution in [-0.2, 0) is 20.9 Å². The van der Waals surface area contributed by atoms with Gasteiger partial charge in [0, 0.05) is 10.8 Å². The van der Waals surface area contributed by atoms with Crippen LogP contribution in [0.4, 0.5) is 5.69 Å². The number of H-pyrrole nitrogens is 1. The first-order valence-corrected chi connectivity index (χ1v) is 14.9. The number of aromatic nitrogens is 1. The van der Waals surface area contributed by atoms with Crippen LogP contribution in [-0.4, -0.2) is 34.6 Å². The predicted molar refractivity (Wildman–Crippen MR) is 157 cm³/mol. The number of aryl methyl sites for hydroxylation is 1. The van der Waals surface area contributed by atoms with Gasteiger partial charge in [0.25, 0.3) is 0 Å². The average Bonchev–Trinajstić information content (AvgIpc) is 3.47. The molecule has 41 heavy (non-hydrogen) atoms. The lowest BCUT2D eigenvalue weighted by atomic mass is 9.83. The number of esters is 1. The molecule has 1 N–H and O–H groups in total. The maximum absolute atomic E-state index is 13.9. The summed E-state index contributed by atoms with van der Waals surface area (Å²) in [4.78, 5) is 56.5. The molecule has 2 amide bonds. The fraction of sp³-hybridized carbons (Fsp3) is 0.226. The molecule has 1 saturated heterocycles. The van der Waals surface area contributed by atoms with Crippen molar-refractivity contribution in [1.82, 2.24) is 4.98 Å². The maximum Gasteiger partial charge on any atom is 0.338 e. The predicted octanol–water partition coefficient (Wildman–Crippen LogP) is 5.30. The molecule has 0 spiro atoms. The summed E-state index contributed by atoms with van der Waals surface area (Å²) in [6, 6.07) is 21.9. The number of nitrogens with zero attached hydrogens (tertiary/aromatic N) is 1. The molecule has 4 aromatic rings. The zero-order chi connectivity index (χ0) is 28.7. The Kier molecular flexibility index (Phi) is 7.27. The summed E-state index contributed by atoms with van der Waals surface area (Å²) in [5, 5.41) is -0.0842. The van der Waals surface area contributed by atoms with Crippen molar-refractivity contribution in [3.05, 3.63) is 110 Å². The van der Waals surface area contributed by atoms with E-state index in [1.54, 1.807) is 31.2 Å². The Balaban J connectivity index is 1.29. The van der Waals surface area contributed by atoms with Crippen LogP contribution in [0.25, 0.3) is 0 Å². The molecule has 0 bridgehead atoms. The topological polar surface area (TPSA) is 106 Å². The fourth-order valence-electron chi connectivity index (χ4n) is 5.21. The van der Waals surface area contributed by atoms with E-state index < -0.39 is 23.1 Å². The number of hydrogen-bond donors (Lipinski definition) is 1. The zero-order valence-electron chi connectivity index (χ0n) is 22.3. The maximum atomic E-state index is 13.9.